The molecule has 0 aliphatic heterocycles. The van der Waals surface area contributed by atoms with Crippen LogP contribution in [0.25, 0.3) is 10.6 Å². The van der Waals surface area contributed by atoms with Crippen molar-refractivity contribution in [2.75, 3.05) is 5.32 Å². The summed E-state index contributed by atoms with van der Waals surface area (Å²) in [4.78, 5) is 25.5. The summed E-state index contributed by atoms with van der Waals surface area (Å²) in [7, 11) is 0. The third kappa shape index (κ3) is 6.38. The molecule has 0 saturated carbocycles. The van der Waals surface area contributed by atoms with E-state index in [0.717, 1.165) is 34.3 Å². The number of alkyl halides is 3. The van der Waals surface area contributed by atoms with Gasteiger partial charge in [-0.3, -0.25) is 14.9 Å². The lowest BCUT2D eigenvalue weighted by Crippen LogP contribution is -2.47. The normalized spacial score (nSPS) is 13.3. The fourth-order valence-electron chi connectivity index (χ4n) is 2.90. The van der Waals surface area contributed by atoms with Crippen LogP contribution in [-0.2, 0) is 11.0 Å². The molecular weight excluding hydrogens is 521 g/mol. The summed E-state index contributed by atoms with van der Waals surface area (Å²) in [5.41, 5.74) is 0.0101. The first kappa shape index (κ1) is 24.8. The van der Waals surface area contributed by atoms with Crippen molar-refractivity contribution in [3.05, 3.63) is 64.1 Å². The molecule has 0 spiro atoms. The van der Waals surface area contributed by atoms with E-state index in [1.165, 1.54) is 11.3 Å². The molecule has 2 aromatic carbocycles. The monoisotopic (exact) mass is 540 g/mol. The van der Waals surface area contributed by atoms with Crippen molar-refractivity contribution in [2.45, 2.75) is 32.5 Å². The Morgan fingerprint density at radius 2 is 1.70 bits per heavy atom. The smallest absolute Gasteiger partial charge is 0.340 e. The standard InChI is InChI=1S/C22H20BrF3N4O2S/c1-3-12(2)17(27-18(31)13-4-8-15(9-5-13)22(24,25)26)19(32)28-21-30-29-20(33-21)14-6-10-16(23)11-7-14/h4-12,17H,3H2,1-2H3,(H,27,31)(H,28,30,32). The Balaban J connectivity index is 1.71. The van der Waals surface area contributed by atoms with Crippen LogP contribution in [0.2, 0.25) is 0 Å². The van der Waals surface area contributed by atoms with Crippen LogP contribution in [0.15, 0.2) is 53.0 Å². The number of anilines is 1. The van der Waals surface area contributed by atoms with Crippen molar-refractivity contribution < 1.29 is 22.8 Å². The molecule has 2 N–H and O–H groups in total. The van der Waals surface area contributed by atoms with Gasteiger partial charge < -0.3 is 5.32 Å². The number of rotatable bonds is 7. The highest BCUT2D eigenvalue weighted by molar-refractivity contribution is 9.10. The fraction of sp³-hybridized carbons (Fsp3) is 0.273. The van der Waals surface area contributed by atoms with Gasteiger partial charge in [-0.15, -0.1) is 10.2 Å². The number of hydrogen-bond acceptors (Lipinski definition) is 5. The predicted molar refractivity (Wildman–Crippen MR) is 124 cm³/mol. The number of nitrogens with one attached hydrogen (secondary N) is 2. The van der Waals surface area contributed by atoms with Gasteiger partial charge in [0, 0.05) is 15.6 Å². The highest BCUT2D eigenvalue weighted by atomic mass is 79.9. The zero-order chi connectivity index (χ0) is 24.2. The zero-order valence-corrected chi connectivity index (χ0v) is 20.0. The van der Waals surface area contributed by atoms with Gasteiger partial charge in [0.15, 0.2) is 0 Å². The van der Waals surface area contributed by atoms with Crippen molar-refractivity contribution in [3.63, 3.8) is 0 Å². The summed E-state index contributed by atoms with van der Waals surface area (Å²) >= 11 is 4.55. The van der Waals surface area contributed by atoms with Crippen LogP contribution in [0.4, 0.5) is 18.3 Å². The second-order valence-corrected chi connectivity index (χ2v) is 9.21. The zero-order valence-electron chi connectivity index (χ0n) is 17.6. The highest BCUT2D eigenvalue weighted by Gasteiger charge is 2.31. The molecule has 3 rings (SSSR count). The van der Waals surface area contributed by atoms with Crippen molar-refractivity contribution in [1.29, 1.82) is 0 Å². The molecule has 11 heteroatoms. The van der Waals surface area contributed by atoms with Gasteiger partial charge in [0.2, 0.25) is 11.0 Å². The Bertz CT molecular complexity index is 1120. The average molecular weight is 541 g/mol. The summed E-state index contributed by atoms with van der Waals surface area (Å²) in [6.07, 6.45) is -3.91. The van der Waals surface area contributed by atoms with Crippen LogP contribution >= 0.6 is 27.3 Å². The van der Waals surface area contributed by atoms with Crippen LogP contribution in [0.3, 0.4) is 0 Å². The third-order valence-electron chi connectivity index (χ3n) is 5.00. The Kier molecular flexibility index (Phi) is 7.85. The maximum atomic E-state index is 12.9. The van der Waals surface area contributed by atoms with E-state index in [4.69, 9.17) is 0 Å². The number of nitrogens with zero attached hydrogens (tertiary/aromatic N) is 2. The van der Waals surface area contributed by atoms with E-state index in [-0.39, 0.29) is 16.6 Å². The van der Waals surface area contributed by atoms with Gasteiger partial charge in [-0.2, -0.15) is 13.2 Å². The molecule has 2 amide bonds. The van der Waals surface area contributed by atoms with Gasteiger partial charge in [0.05, 0.1) is 5.56 Å². The molecule has 0 aliphatic carbocycles. The summed E-state index contributed by atoms with van der Waals surface area (Å²) in [5, 5.41) is 14.3. The first-order valence-electron chi connectivity index (χ1n) is 9.97. The van der Waals surface area contributed by atoms with E-state index in [2.05, 4.69) is 36.8 Å². The lowest BCUT2D eigenvalue weighted by molar-refractivity contribution is -0.137. The van der Waals surface area contributed by atoms with Crippen LogP contribution < -0.4 is 10.6 Å². The van der Waals surface area contributed by atoms with Gasteiger partial charge in [0.1, 0.15) is 11.0 Å². The van der Waals surface area contributed by atoms with Gasteiger partial charge in [-0.1, -0.05) is 59.7 Å². The Hall–Kier alpha value is -2.79. The van der Waals surface area contributed by atoms with Crippen molar-refractivity contribution >= 4 is 44.2 Å². The summed E-state index contributed by atoms with van der Waals surface area (Å²) in [6, 6.07) is 10.4. The summed E-state index contributed by atoms with van der Waals surface area (Å²) in [5.74, 6) is -1.36. The molecule has 33 heavy (non-hydrogen) atoms. The fourth-order valence-corrected chi connectivity index (χ4v) is 3.92. The van der Waals surface area contributed by atoms with E-state index in [1.54, 1.807) is 6.92 Å². The number of carbonyl (C=O) groups excluding carboxylic acids is 2. The molecule has 0 bridgehead atoms. The molecular formula is C22H20BrF3N4O2S. The number of carbonyl (C=O) groups is 2. The molecule has 6 nitrogen and oxygen atoms in total. The largest absolute Gasteiger partial charge is 0.416 e. The highest BCUT2D eigenvalue weighted by Crippen LogP contribution is 2.29. The van der Waals surface area contributed by atoms with E-state index < -0.39 is 29.6 Å². The number of hydrogen-bond donors (Lipinski definition) is 2. The summed E-state index contributed by atoms with van der Waals surface area (Å²) in [6.45, 7) is 3.66. The van der Waals surface area contributed by atoms with Gasteiger partial charge in [-0.05, 0) is 42.3 Å². The molecule has 174 valence electrons. The quantitative estimate of drug-likeness (QED) is 0.398. The minimum atomic E-state index is -4.50. The molecule has 0 aliphatic rings. The maximum absolute atomic E-state index is 12.9. The second kappa shape index (κ2) is 10.4. The van der Waals surface area contributed by atoms with Crippen LogP contribution in [-0.4, -0.2) is 28.1 Å². The molecule has 1 aromatic heterocycles. The Labute approximate surface area is 200 Å². The van der Waals surface area contributed by atoms with Crippen LogP contribution in [0.5, 0.6) is 0 Å². The molecule has 0 saturated heterocycles. The van der Waals surface area contributed by atoms with E-state index >= 15 is 0 Å². The Morgan fingerprint density at radius 3 is 2.27 bits per heavy atom. The molecule has 2 unspecified atom stereocenters. The maximum Gasteiger partial charge on any atom is 0.416 e. The minimum absolute atomic E-state index is 0.0255. The van der Waals surface area contributed by atoms with Gasteiger partial charge >= 0.3 is 6.18 Å². The molecule has 3 aromatic rings. The van der Waals surface area contributed by atoms with Gasteiger partial charge in [-0.25, -0.2) is 0 Å². The van der Waals surface area contributed by atoms with E-state index in [0.29, 0.717) is 11.4 Å². The number of aromatic nitrogens is 2. The van der Waals surface area contributed by atoms with Crippen molar-refractivity contribution in [1.82, 2.24) is 15.5 Å². The third-order valence-corrected chi connectivity index (χ3v) is 6.42. The average Bonchev–Trinajstić information content (AvgIpc) is 3.25. The predicted octanol–water partition coefficient (Wildman–Crippen LogP) is 5.77. The molecule has 2 atom stereocenters. The number of amides is 2. The first-order valence-corrected chi connectivity index (χ1v) is 11.6. The summed E-state index contributed by atoms with van der Waals surface area (Å²) < 4.78 is 39.2. The number of benzene rings is 2. The van der Waals surface area contributed by atoms with Crippen molar-refractivity contribution in [2.24, 2.45) is 5.92 Å². The van der Waals surface area contributed by atoms with Crippen LogP contribution in [0.1, 0.15) is 36.2 Å². The molecule has 0 fully saturated rings. The topological polar surface area (TPSA) is 84.0 Å². The van der Waals surface area contributed by atoms with Gasteiger partial charge in [0.25, 0.3) is 5.91 Å². The van der Waals surface area contributed by atoms with Crippen molar-refractivity contribution in [3.8, 4) is 10.6 Å². The molecule has 1 heterocycles. The SMILES string of the molecule is CCC(C)C(NC(=O)c1ccc(C(F)(F)F)cc1)C(=O)Nc1nnc(-c2ccc(Br)cc2)s1. The van der Waals surface area contributed by atoms with Crippen LogP contribution in [0, 0.1) is 5.92 Å². The molecule has 0 radical (unpaired) electrons. The lowest BCUT2D eigenvalue weighted by atomic mass is 9.98. The second-order valence-electron chi connectivity index (χ2n) is 7.32. The minimum Gasteiger partial charge on any atom is -0.340 e. The Morgan fingerprint density at radius 1 is 1.06 bits per heavy atom. The first-order chi connectivity index (χ1) is 15.6. The van der Waals surface area contributed by atoms with E-state index in [1.807, 2.05) is 31.2 Å². The lowest BCUT2D eigenvalue weighted by Gasteiger charge is -2.23. The van der Waals surface area contributed by atoms with E-state index in [9.17, 15) is 22.8 Å². The number of halogens is 4.